The molecule has 1 aromatic rings. The minimum absolute atomic E-state index is 0.0917. The van der Waals surface area contributed by atoms with Crippen molar-refractivity contribution in [1.29, 1.82) is 5.41 Å². The Labute approximate surface area is 97.0 Å². The van der Waals surface area contributed by atoms with Crippen molar-refractivity contribution in [2.24, 2.45) is 11.7 Å². The lowest BCUT2D eigenvalue weighted by Gasteiger charge is -2.20. The molecular formula is C12H20N4. The summed E-state index contributed by atoms with van der Waals surface area (Å²) < 4.78 is 0. The van der Waals surface area contributed by atoms with Crippen molar-refractivity contribution in [1.82, 2.24) is 9.88 Å². The van der Waals surface area contributed by atoms with Gasteiger partial charge in [0.05, 0.1) is 11.5 Å². The van der Waals surface area contributed by atoms with Crippen LogP contribution in [0.15, 0.2) is 18.3 Å². The number of nitrogens with one attached hydrogen (secondary N) is 1. The summed E-state index contributed by atoms with van der Waals surface area (Å²) in [5.74, 6) is 0.332. The Balaban J connectivity index is 2.55. The molecule has 1 unspecified atom stereocenters. The monoisotopic (exact) mass is 220 g/mol. The summed E-state index contributed by atoms with van der Waals surface area (Å²) in [6, 6.07) is 4.00. The highest BCUT2D eigenvalue weighted by Gasteiger charge is 2.10. The van der Waals surface area contributed by atoms with Crippen LogP contribution in [0.3, 0.4) is 0 Å². The van der Waals surface area contributed by atoms with E-state index in [-0.39, 0.29) is 11.8 Å². The van der Waals surface area contributed by atoms with E-state index in [0.29, 0.717) is 0 Å². The SMILES string of the molecule is Cc1cccnc1CN(C)CC(C)C(=N)N. The molecule has 0 aliphatic carbocycles. The molecule has 0 amide bonds. The Hall–Kier alpha value is -1.42. The van der Waals surface area contributed by atoms with E-state index in [4.69, 9.17) is 11.1 Å². The maximum absolute atomic E-state index is 7.35. The van der Waals surface area contributed by atoms with Crippen LogP contribution in [0.5, 0.6) is 0 Å². The van der Waals surface area contributed by atoms with Gasteiger partial charge in [0.2, 0.25) is 0 Å². The quantitative estimate of drug-likeness (QED) is 0.582. The normalized spacial score (nSPS) is 12.8. The van der Waals surface area contributed by atoms with E-state index in [1.165, 1.54) is 5.56 Å². The second-order valence-corrected chi connectivity index (χ2v) is 4.32. The highest BCUT2D eigenvalue weighted by atomic mass is 15.1. The van der Waals surface area contributed by atoms with Crippen LogP contribution in [0.2, 0.25) is 0 Å². The van der Waals surface area contributed by atoms with E-state index in [1.54, 1.807) is 0 Å². The molecule has 0 aliphatic rings. The molecular weight excluding hydrogens is 200 g/mol. The Morgan fingerprint density at radius 3 is 2.88 bits per heavy atom. The molecule has 16 heavy (non-hydrogen) atoms. The van der Waals surface area contributed by atoms with Crippen LogP contribution in [0.4, 0.5) is 0 Å². The fourth-order valence-electron chi connectivity index (χ4n) is 1.57. The number of hydrogen-bond acceptors (Lipinski definition) is 3. The van der Waals surface area contributed by atoms with Gasteiger partial charge < -0.3 is 5.73 Å². The van der Waals surface area contributed by atoms with E-state index in [2.05, 4.69) is 22.9 Å². The summed E-state index contributed by atoms with van der Waals surface area (Å²) in [6.45, 7) is 5.60. The Morgan fingerprint density at radius 2 is 2.31 bits per heavy atom. The standard InChI is InChI=1S/C12H20N4/c1-9-5-4-6-15-11(9)8-16(3)7-10(2)12(13)14/h4-6,10H,7-8H2,1-3H3,(H3,13,14). The topological polar surface area (TPSA) is 66.0 Å². The average molecular weight is 220 g/mol. The number of hydrogen-bond donors (Lipinski definition) is 2. The first-order chi connectivity index (χ1) is 7.50. The van der Waals surface area contributed by atoms with Crippen LogP contribution in [-0.2, 0) is 6.54 Å². The zero-order chi connectivity index (χ0) is 12.1. The lowest BCUT2D eigenvalue weighted by molar-refractivity contribution is 0.302. The number of amidine groups is 1. The van der Waals surface area contributed by atoms with Gasteiger partial charge in [-0.1, -0.05) is 13.0 Å². The largest absolute Gasteiger partial charge is 0.387 e. The van der Waals surface area contributed by atoms with Crippen molar-refractivity contribution in [3.63, 3.8) is 0 Å². The van der Waals surface area contributed by atoms with Crippen molar-refractivity contribution in [3.8, 4) is 0 Å². The molecule has 1 rings (SSSR count). The zero-order valence-electron chi connectivity index (χ0n) is 10.2. The summed E-state index contributed by atoms with van der Waals surface area (Å²) >= 11 is 0. The van der Waals surface area contributed by atoms with Crippen LogP contribution in [0.1, 0.15) is 18.2 Å². The predicted molar refractivity (Wildman–Crippen MR) is 66.4 cm³/mol. The van der Waals surface area contributed by atoms with Crippen LogP contribution < -0.4 is 5.73 Å². The first-order valence-electron chi connectivity index (χ1n) is 5.43. The van der Waals surface area contributed by atoms with Crippen LogP contribution in [0.25, 0.3) is 0 Å². The summed E-state index contributed by atoms with van der Waals surface area (Å²) in [7, 11) is 2.02. The first kappa shape index (κ1) is 12.6. The number of pyridine rings is 1. The average Bonchev–Trinajstić information content (AvgIpc) is 2.21. The summed E-state index contributed by atoms with van der Waals surface area (Å²) in [5, 5.41) is 7.35. The maximum Gasteiger partial charge on any atom is 0.0947 e. The number of nitrogens with two attached hydrogens (primary N) is 1. The van der Waals surface area contributed by atoms with E-state index in [1.807, 2.05) is 26.2 Å². The lowest BCUT2D eigenvalue weighted by atomic mass is 10.1. The number of aryl methyl sites for hydroxylation is 1. The molecule has 0 fully saturated rings. The molecule has 1 heterocycles. The van der Waals surface area contributed by atoms with Crippen molar-refractivity contribution < 1.29 is 0 Å². The molecule has 1 aromatic heterocycles. The van der Waals surface area contributed by atoms with Crippen molar-refractivity contribution in [2.75, 3.05) is 13.6 Å². The molecule has 0 spiro atoms. The van der Waals surface area contributed by atoms with Crippen LogP contribution in [-0.4, -0.2) is 29.3 Å². The minimum Gasteiger partial charge on any atom is -0.387 e. The second-order valence-electron chi connectivity index (χ2n) is 4.32. The van der Waals surface area contributed by atoms with E-state index in [0.717, 1.165) is 18.8 Å². The molecule has 1 atom stereocenters. The highest BCUT2D eigenvalue weighted by Crippen LogP contribution is 2.07. The van der Waals surface area contributed by atoms with Gasteiger partial charge in [-0.15, -0.1) is 0 Å². The lowest BCUT2D eigenvalue weighted by Crippen LogP contribution is -2.32. The summed E-state index contributed by atoms with van der Waals surface area (Å²) in [6.07, 6.45) is 1.81. The van der Waals surface area contributed by atoms with E-state index in [9.17, 15) is 0 Å². The molecule has 0 radical (unpaired) electrons. The molecule has 0 aromatic carbocycles. The van der Waals surface area contributed by atoms with Gasteiger partial charge >= 0.3 is 0 Å². The third-order valence-electron chi connectivity index (χ3n) is 2.65. The second kappa shape index (κ2) is 5.61. The van der Waals surface area contributed by atoms with Crippen molar-refractivity contribution in [2.45, 2.75) is 20.4 Å². The number of nitrogens with zero attached hydrogens (tertiary/aromatic N) is 2. The third kappa shape index (κ3) is 3.62. The van der Waals surface area contributed by atoms with Gasteiger partial charge in [0.1, 0.15) is 0 Å². The zero-order valence-corrected chi connectivity index (χ0v) is 10.2. The van der Waals surface area contributed by atoms with Gasteiger partial charge in [-0.25, -0.2) is 0 Å². The first-order valence-corrected chi connectivity index (χ1v) is 5.43. The van der Waals surface area contributed by atoms with Crippen LogP contribution >= 0.6 is 0 Å². The fourth-order valence-corrected chi connectivity index (χ4v) is 1.57. The molecule has 4 heteroatoms. The Kier molecular flexibility index (Phi) is 4.43. The summed E-state index contributed by atoms with van der Waals surface area (Å²) in [4.78, 5) is 6.48. The van der Waals surface area contributed by atoms with Gasteiger partial charge in [-0.3, -0.25) is 15.3 Å². The molecule has 0 saturated heterocycles. The van der Waals surface area contributed by atoms with Gasteiger partial charge in [-0.05, 0) is 25.6 Å². The Morgan fingerprint density at radius 1 is 1.62 bits per heavy atom. The maximum atomic E-state index is 7.35. The van der Waals surface area contributed by atoms with Crippen LogP contribution in [0, 0.1) is 18.3 Å². The Bertz CT molecular complexity index is 362. The van der Waals surface area contributed by atoms with Gasteiger partial charge in [-0.2, -0.15) is 0 Å². The summed E-state index contributed by atoms with van der Waals surface area (Å²) in [5.41, 5.74) is 7.73. The minimum atomic E-state index is 0.0917. The number of rotatable bonds is 5. The smallest absolute Gasteiger partial charge is 0.0947 e. The number of aromatic nitrogens is 1. The molecule has 0 aliphatic heterocycles. The van der Waals surface area contributed by atoms with Gasteiger partial charge in [0.25, 0.3) is 0 Å². The molecule has 3 N–H and O–H groups in total. The van der Waals surface area contributed by atoms with E-state index < -0.39 is 0 Å². The molecule has 0 bridgehead atoms. The van der Waals surface area contributed by atoms with Crippen molar-refractivity contribution >= 4 is 5.84 Å². The highest BCUT2D eigenvalue weighted by molar-refractivity contribution is 5.79. The van der Waals surface area contributed by atoms with E-state index >= 15 is 0 Å². The van der Waals surface area contributed by atoms with Gasteiger partial charge in [0.15, 0.2) is 0 Å². The third-order valence-corrected chi connectivity index (χ3v) is 2.65. The fraction of sp³-hybridized carbons (Fsp3) is 0.500. The van der Waals surface area contributed by atoms with Crippen molar-refractivity contribution in [3.05, 3.63) is 29.6 Å². The molecule has 4 nitrogen and oxygen atoms in total. The predicted octanol–water partition coefficient (Wildman–Crippen LogP) is 1.39. The molecule has 0 saturated carbocycles. The van der Waals surface area contributed by atoms with Gasteiger partial charge in [0, 0.05) is 25.2 Å². The molecule has 88 valence electrons.